The van der Waals surface area contributed by atoms with E-state index in [0.717, 1.165) is 16.9 Å². The van der Waals surface area contributed by atoms with Gasteiger partial charge in [0.2, 0.25) is 17.7 Å². The van der Waals surface area contributed by atoms with Gasteiger partial charge < -0.3 is 15.5 Å². The van der Waals surface area contributed by atoms with Gasteiger partial charge in [-0.2, -0.15) is 5.10 Å². The van der Waals surface area contributed by atoms with E-state index in [1.54, 1.807) is 22.9 Å². The van der Waals surface area contributed by atoms with Crippen LogP contribution in [0, 0.1) is 6.92 Å². The van der Waals surface area contributed by atoms with E-state index < -0.39 is 0 Å². The molecule has 34 heavy (non-hydrogen) atoms. The first-order valence-corrected chi connectivity index (χ1v) is 11.3. The van der Waals surface area contributed by atoms with E-state index in [0.29, 0.717) is 17.2 Å². The number of hydrogen-bond donors (Lipinski definition) is 2. The summed E-state index contributed by atoms with van der Waals surface area (Å²) in [6.07, 6.45) is -0.0267. The number of benzene rings is 2. The van der Waals surface area contributed by atoms with Gasteiger partial charge in [0, 0.05) is 24.3 Å². The third-order valence-electron chi connectivity index (χ3n) is 5.63. The van der Waals surface area contributed by atoms with Crippen molar-refractivity contribution < 1.29 is 14.4 Å². The highest BCUT2D eigenvalue weighted by molar-refractivity contribution is 6.10. The van der Waals surface area contributed by atoms with Crippen molar-refractivity contribution in [2.75, 3.05) is 22.1 Å². The minimum Gasteiger partial charge on any atom is -0.323 e. The SMILES string of the molecule is Cc1cccc(-n2nc(C(C)(C)C)cc2NC(=O)CCC(=O)N2CC(=O)Nc3ccccc32)c1. The van der Waals surface area contributed by atoms with Crippen molar-refractivity contribution in [2.45, 2.75) is 46.0 Å². The van der Waals surface area contributed by atoms with Crippen LogP contribution in [-0.4, -0.2) is 34.0 Å². The van der Waals surface area contributed by atoms with Crippen LogP contribution in [-0.2, 0) is 19.8 Å². The number of nitrogens with one attached hydrogen (secondary N) is 2. The lowest BCUT2D eigenvalue weighted by Gasteiger charge is -2.29. The zero-order chi connectivity index (χ0) is 24.5. The predicted molar refractivity (Wildman–Crippen MR) is 132 cm³/mol. The Kier molecular flexibility index (Phi) is 6.24. The molecule has 1 aliphatic heterocycles. The lowest BCUT2D eigenvalue weighted by Crippen LogP contribution is -2.42. The molecule has 0 bridgehead atoms. The summed E-state index contributed by atoms with van der Waals surface area (Å²) >= 11 is 0. The molecule has 0 spiro atoms. The van der Waals surface area contributed by atoms with E-state index in [-0.39, 0.29) is 42.5 Å². The Bertz CT molecular complexity index is 1260. The summed E-state index contributed by atoms with van der Waals surface area (Å²) in [4.78, 5) is 39.1. The fraction of sp³-hybridized carbons (Fsp3) is 0.308. The highest BCUT2D eigenvalue weighted by Gasteiger charge is 2.27. The molecule has 176 valence electrons. The number of fused-ring (bicyclic) bond motifs is 1. The normalized spacial score (nSPS) is 13.3. The number of nitrogens with zero attached hydrogens (tertiary/aromatic N) is 3. The number of amides is 3. The van der Waals surface area contributed by atoms with Gasteiger partial charge in [0.05, 0.1) is 22.8 Å². The number of anilines is 3. The summed E-state index contributed by atoms with van der Waals surface area (Å²) in [6, 6.07) is 16.9. The second kappa shape index (κ2) is 9.13. The van der Waals surface area contributed by atoms with E-state index in [9.17, 15) is 14.4 Å². The maximum atomic E-state index is 12.9. The fourth-order valence-corrected chi connectivity index (χ4v) is 3.81. The average Bonchev–Trinajstić information content (AvgIpc) is 3.21. The summed E-state index contributed by atoms with van der Waals surface area (Å²) in [5.74, 6) is -0.277. The van der Waals surface area contributed by atoms with E-state index >= 15 is 0 Å². The molecule has 1 aliphatic rings. The summed E-state index contributed by atoms with van der Waals surface area (Å²) in [5.41, 5.74) is 3.80. The molecule has 0 saturated heterocycles. The molecule has 8 nitrogen and oxygen atoms in total. The predicted octanol–water partition coefficient (Wildman–Crippen LogP) is 4.18. The largest absolute Gasteiger partial charge is 0.323 e. The number of carbonyl (C=O) groups is 3. The Morgan fingerprint density at radius 1 is 1.06 bits per heavy atom. The van der Waals surface area contributed by atoms with E-state index in [1.807, 2.05) is 43.3 Å². The lowest BCUT2D eigenvalue weighted by atomic mass is 9.92. The van der Waals surface area contributed by atoms with Gasteiger partial charge in [-0.3, -0.25) is 14.4 Å². The van der Waals surface area contributed by atoms with Crippen LogP contribution in [0.5, 0.6) is 0 Å². The second-order valence-electron chi connectivity index (χ2n) is 9.51. The molecule has 0 atom stereocenters. The van der Waals surface area contributed by atoms with Crippen molar-refractivity contribution in [1.29, 1.82) is 0 Å². The molecule has 0 radical (unpaired) electrons. The lowest BCUT2D eigenvalue weighted by molar-refractivity contribution is -0.124. The summed E-state index contributed by atoms with van der Waals surface area (Å²) < 4.78 is 1.72. The van der Waals surface area contributed by atoms with Crippen LogP contribution in [0.4, 0.5) is 17.2 Å². The zero-order valence-electron chi connectivity index (χ0n) is 19.9. The van der Waals surface area contributed by atoms with Crippen LogP contribution in [0.25, 0.3) is 5.69 Å². The first-order valence-electron chi connectivity index (χ1n) is 11.3. The number of para-hydroxylation sites is 2. The van der Waals surface area contributed by atoms with Crippen molar-refractivity contribution in [3.05, 3.63) is 65.9 Å². The molecule has 3 amide bonds. The molecule has 4 rings (SSSR count). The highest BCUT2D eigenvalue weighted by atomic mass is 16.2. The van der Waals surface area contributed by atoms with E-state index in [2.05, 4.69) is 31.4 Å². The van der Waals surface area contributed by atoms with Gasteiger partial charge >= 0.3 is 0 Å². The molecule has 1 aromatic heterocycles. The van der Waals surface area contributed by atoms with Crippen LogP contribution < -0.4 is 15.5 Å². The molecule has 0 saturated carbocycles. The molecule has 8 heteroatoms. The molecule has 0 fully saturated rings. The Morgan fingerprint density at radius 2 is 1.82 bits per heavy atom. The Morgan fingerprint density at radius 3 is 2.56 bits per heavy atom. The maximum Gasteiger partial charge on any atom is 0.244 e. The summed E-state index contributed by atoms with van der Waals surface area (Å²) in [7, 11) is 0. The van der Waals surface area contributed by atoms with Crippen LogP contribution in [0.2, 0.25) is 0 Å². The Hall–Kier alpha value is -3.94. The third kappa shape index (κ3) is 5.01. The maximum absolute atomic E-state index is 12.9. The van der Waals surface area contributed by atoms with Crippen molar-refractivity contribution in [1.82, 2.24) is 9.78 Å². The van der Waals surface area contributed by atoms with Crippen LogP contribution in [0.15, 0.2) is 54.6 Å². The number of rotatable bonds is 5. The van der Waals surface area contributed by atoms with Gasteiger partial charge in [0.1, 0.15) is 12.4 Å². The minimum atomic E-state index is -0.294. The van der Waals surface area contributed by atoms with Crippen LogP contribution >= 0.6 is 0 Å². The van der Waals surface area contributed by atoms with Gasteiger partial charge in [0.25, 0.3) is 0 Å². The molecule has 2 aromatic carbocycles. The third-order valence-corrected chi connectivity index (χ3v) is 5.63. The summed E-state index contributed by atoms with van der Waals surface area (Å²) in [6.45, 7) is 8.12. The van der Waals surface area contributed by atoms with Crippen molar-refractivity contribution >= 4 is 34.9 Å². The summed E-state index contributed by atoms with van der Waals surface area (Å²) in [5, 5.41) is 10.4. The molecular weight excluding hydrogens is 430 g/mol. The monoisotopic (exact) mass is 459 g/mol. The van der Waals surface area contributed by atoms with Gasteiger partial charge in [-0.15, -0.1) is 0 Å². The van der Waals surface area contributed by atoms with E-state index in [4.69, 9.17) is 5.10 Å². The first-order chi connectivity index (χ1) is 16.1. The topological polar surface area (TPSA) is 96.3 Å². The molecule has 3 aromatic rings. The molecule has 0 aliphatic carbocycles. The minimum absolute atomic E-state index is 0.0109. The highest BCUT2D eigenvalue weighted by Crippen LogP contribution is 2.30. The smallest absolute Gasteiger partial charge is 0.244 e. The molecule has 0 unspecified atom stereocenters. The number of aromatic nitrogens is 2. The molecule has 2 N–H and O–H groups in total. The second-order valence-corrected chi connectivity index (χ2v) is 9.51. The number of carbonyl (C=O) groups excluding carboxylic acids is 3. The Labute approximate surface area is 199 Å². The quantitative estimate of drug-likeness (QED) is 0.598. The number of aryl methyl sites for hydroxylation is 1. The van der Waals surface area contributed by atoms with Crippen LogP contribution in [0.3, 0.4) is 0 Å². The van der Waals surface area contributed by atoms with Crippen molar-refractivity contribution in [3.63, 3.8) is 0 Å². The Balaban J connectivity index is 1.49. The van der Waals surface area contributed by atoms with E-state index in [1.165, 1.54) is 4.90 Å². The van der Waals surface area contributed by atoms with Gasteiger partial charge in [0.15, 0.2) is 0 Å². The molecular formula is C26H29N5O3. The standard InChI is InChI=1S/C26H29N5O3/c1-17-8-7-9-18(14-17)31-22(15-21(29-31)26(2,3)4)28-23(32)12-13-25(34)30-16-24(33)27-19-10-5-6-11-20(19)30/h5-11,14-15H,12-13,16H2,1-4H3,(H,27,33)(H,28,32). The van der Waals surface area contributed by atoms with Gasteiger partial charge in [-0.25, -0.2) is 4.68 Å². The first kappa shape index (κ1) is 23.2. The molecule has 2 heterocycles. The number of hydrogen-bond acceptors (Lipinski definition) is 4. The van der Waals surface area contributed by atoms with Gasteiger partial charge in [-0.05, 0) is 36.8 Å². The average molecular weight is 460 g/mol. The van der Waals surface area contributed by atoms with Crippen molar-refractivity contribution in [2.24, 2.45) is 0 Å². The van der Waals surface area contributed by atoms with Gasteiger partial charge in [-0.1, -0.05) is 45.0 Å². The van der Waals surface area contributed by atoms with Crippen LogP contribution in [0.1, 0.15) is 44.9 Å². The zero-order valence-corrected chi connectivity index (χ0v) is 19.9. The van der Waals surface area contributed by atoms with Crippen molar-refractivity contribution in [3.8, 4) is 5.69 Å². The fourth-order valence-electron chi connectivity index (χ4n) is 3.81.